The molecule has 0 unspecified atom stereocenters. The van der Waals surface area contributed by atoms with Crippen LogP contribution in [0.15, 0.2) is 0 Å². The lowest BCUT2D eigenvalue weighted by molar-refractivity contribution is -0.139. The highest BCUT2D eigenvalue weighted by Gasteiger charge is 2.33. The fourth-order valence-electron chi connectivity index (χ4n) is 6.04. The average molecular weight is 500 g/mol. The number of hydrogen-bond acceptors (Lipinski definition) is 8. The van der Waals surface area contributed by atoms with Crippen molar-refractivity contribution in [3.05, 3.63) is 16.3 Å². The van der Waals surface area contributed by atoms with Crippen molar-refractivity contribution in [2.45, 2.75) is 45.6 Å². The Morgan fingerprint density at radius 1 is 1.03 bits per heavy atom. The first-order valence-electron chi connectivity index (χ1n) is 13.4. The summed E-state index contributed by atoms with van der Waals surface area (Å²) in [4.78, 5) is 33.1. The van der Waals surface area contributed by atoms with Crippen molar-refractivity contribution in [3.8, 4) is 0 Å². The maximum Gasteiger partial charge on any atom is 0.227 e. The summed E-state index contributed by atoms with van der Waals surface area (Å²) in [6.07, 6.45) is 5.47. The summed E-state index contributed by atoms with van der Waals surface area (Å²) >= 11 is 1.88. The van der Waals surface area contributed by atoms with Crippen LogP contribution in [0.1, 0.15) is 42.5 Å². The summed E-state index contributed by atoms with van der Waals surface area (Å²) in [5.41, 5.74) is 1.47. The van der Waals surface area contributed by atoms with E-state index >= 15 is 0 Å². The highest BCUT2D eigenvalue weighted by molar-refractivity contribution is 7.19. The van der Waals surface area contributed by atoms with Gasteiger partial charge in [0.05, 0.1) is 44.3 Å². The van der Waals surface area contributed by atoms with E-state index in [0.29, 0.717) is 26.3 Å². The van der Waals surface area contributed by atoms with Gasteiger partial charge in [-0.15, -0.1) is 11.3 Å². The largest absolute Gasteiger partial charge is 0.379 e. The van der Waals surface area contributed by atoms with Crippen molar-refractivity contribution >= 4 is 33.3 Å². The van der Waals surface area contributed by atoms with Gasteiger partial charge in [-0.25, -0.2) is 9.97 Å². The van der Waals surface area contributed by atoms with Gasteiger partial charge in [-0.2, -0.15) is 0 Å². The number of nitrogens with zero attached hydrogens (tertiary/aromatic N) is 5. The molecule has 1 aliphatic carbocycles. The number of fused-ring (bicyclic) bond motifs is 3. The summed E-state index contributed by atoms with van der Waals surface area (Å²) in [5, 5.41) is 1.27. The number of morpholine rings is 2. The third-order valence-electron chi connectivity index (χ3n) is 8.04. The molecule has 6 rings (SSSR count). The van der Waals surface area contributed by atoms with Gasteiger partial charge in [0, 0.05) is 44.1 Å². The zero-order valence-corrected chi connectivity index (χ0v) is 21.7. The second-order valence-electron chi connectivity index (χ2n) is 10.6. The normalized spacial score (nSPS) is 26.2. The van der Waals surface area contributed by atoms with Gasteiger partial charge in [0.15, 0.2) is 0 Å². The van der Waals surface area contributed by atoms with Crippen LogP contribution < -0.4 is 4.90 Å². The summed E-state index contributed by atoms with van der Waals surface area (Å²) < 4.78 is 11.0. The number of thiophene rings is 1. The molecule has 0 saturated carbocycles. The van der Waals surface area contributed by atoms with Crippen LogP contribution in [0.4, 0.5) is 5.82 Å². The monoisotopic (exact) mass is 499 g/mol. The van der Waals surface area contributed by atoms with Crippen molar-refractivity contribution in [1.29, 1.82) is 0 Å². The van der Waals surface area contributed by atoms with Crippen LogP contribution in [0, 0.1) is 11.8 Å². The highest BCUT2D eigenvalue weighted by atomic mass is 32.1. The van der Waals surface area contributed by atoms with Crippen molar-refractivity contribution in [1.82, 2.24) is 19.8 Å². The fraction of sp³-hybridized carbons (Fsp3) is 0.731. The molecule has 1 amide bonds. The number of aryl methyl sites for hydroxylation is 1. The first-order valence-corrected chi connectivity index (χ1v) is 14.2. The molecule has 4 aliphatic rings. The average Bonchev–Trinajstić information content (AvgIpc) is 3.26. The zero-order chi connectivity index (χ0) is 23.8. The molecule has 3 fully saturated rings. The van der Waals surface area contributed by atoms with Gasteiger partial charge in [-0.3, -0.25) is 9.69 Å². The van der Waals surface area contributed by atoms with E-state index in [0.717, 1.165) is 94.0 Å². The molecule has 0 radical (unpaired) electrons. The van der Waals surface area contributed by atoms with Crippen LogP contribution in [0.25, 0.3) is 10.2 Å². The molecule has 9 heteroatoms. The van der Waals surface area contributed by atoms with Crippen molar-refractivity contribution in [2.75, 3.05) is 70.6 Å². The van der Waals surface area contributed by atoms with E-state index in [2.05, 4.69) is 16.7 Å². The van der Waals surface area contributed by atoms with Crippen LogP contribution >= 0.6 is 11.3 Å². The number of anilines is 1. The number of carbonyl (C=O) groups excluding carboxylic acids is 1. The van der Waals surface area contributed by atoms with E-state index in [1.807, 2.05) is 16.2 Å². The van der Waals surface area contributed by atoms with E-state index < -0.39 is 0 Å². The Labute approximate surface area is 211 Å². The minimum absolute atomic E-state index is 0.0315. The summed E-state index contributed by atoms with van der Waals surface area (Å²) in [6, 6.07) is 0. The number of amides is 1. The molecule has 2 atom stereocenters. The predicted octanol–water partition coefficient (Wildman–Crippen LogP) is 2.72. The molecule has 0 bridgehead atoms. The molecule has 0 spiro atoms. The third kappa shape index (κ3) is 4.92. The first-order chi connectivity index (χ1) is 17.2. The second kappa shape index (κ2) is 10.3. The Hall–Kier alpha value is -1.81. The van der Waals surface area contributed by atoms with Crippen LogP contribution in [-0.4, -0.2) is 91.4 Å². The number of ether oxygens (including phenoxy) is 2. The third-order valence-corrected chi connectivity index (χ3v) is 9.19. The van der Waals surface area contributed by atoms with Crippen LogP contribution in [-0.2, 0) is 33.7 Å². The maximum absolute atomic E-state index is 13.3. The quantitative estimate of drug-likeness (QED) is 0.641. The molecular weight excluding hydrogens is 462 g/mol. The summed E-state index contributed by atoms with van der Waals surface area (Å²) in [5.74, 6) is 3.03. The van der Waals surface area contributed by atoms with Crippen molar-refractivity contribution < 1.29 is 14.3 Å². The fourth-order valence-corrected chi connectivity index (χ4v) is 7.43. The van der Waals surface area contributed by atoms with E-state index in [1.54, 1.807) is 0 Å². The Morgan fingerprint density at radius 2 is 1.80 bits per heavy atom. The number of hydrogen-bond donors (Lipinski definition) is 0. The smallest absolute Gasteiger partial charge is 0.227 e. The van der Waals surface area contributed by atoms with Crippen LogP contribution in [0.5, 0.6) is 0 Å². The topological polar surface area (TPSA) is 71.0 Å². The lowest BCUT2D eigenvalue weighted by atomic mass is 9.89. The molecule has 8 nitrogen and oxygen atoms in total. The minimum atomic E-state index is 0.0315. The van der Waals surface area contributed by atoms with Gasteiger partial charge in [-0.05, 0) is 43.6 Å². The SMILES string of the molecule is C[C@H]1CCc2c(sc3nc(CN4CCOCC4)nc(N4CCC[C@@H](C(=O)N5CCOCC5)C4)c23)C1. The summed E-state index contributed by atoms with van der Waals surface area (Å²) in [6.45, 7) is 11.0. The number of aromatic nitrogens is 2. The molecule has 3 saturated heterocycles. The number of piperidine rings is 1. The molecule has 5 heterocycles. The molecule has 35 heavy (non-hydrogen) atoms. The lowest BCUT2D eigenvalue weighted by Gasteiger charge is -2.37. The van der Waals surface area contributed by atoms with Gasteiger partial charge in [0.1, 0.15) is 16.5 Å². The predicted molar refractivity (Wildman–Crippen MR) is 137 cm³/mol. The molecule has 2 aromatic heterocycles. The van der Waals surface area contributed by atoms with Gasteiger partial charge in [-0.1, -0.05) is 6.92 Å². The number of carbonyl (C=O) groups is 1. The van der Waals surface area contributed by atoms with Crippen LogP contribution in [0.3, 0.4) is 0 Å². The van der Waals surface area contributed by atoms with Gasteiger partial charge in [0.2, 0.25) is 5.91 Å². The maximum atomic E-state index is 13.3. The first kappa shape index (κ1) is 23.6. The Morgan fingerprint density at radius 3 is 2.60 bits per heavy atom. The van der Waals surface area contributed by atoms with Crippen LogP contribution in [0.2, 0.25) is 0 Å². The second-order valence-corrected chi connectivity index (χ2v) is 11.7. The molecule has 190 valence electrons. The zero-order valence-electron chi connectivity index (χ0n) is 20.8. The van der Waals surface area contributed by atoms with Crippen molar-refractivity contribution in [2.24, 2.45) is 11.8 Å². The Bertz CT molecular complexity index is 1060. The number of rotatable bonds is 4. The standard InChI is InChI=1S/C26H37N5O3S/c1-18-4-5-20-21(15-18)35-25-23(20)24(27-22(28-25)17-29-7-11-33-12-8-29)31-6-2-3-19(16-31)26(32)30-9-13-34-14-10-30/h18-19H,2-17H2,1H3/t18-,19+/m0/s1. The summed E-state index contributed by atoms with van der Waals surface area (Å²) in [7, 11) is 0. The van der Waals surface area contributed by atoms with E-state index in [1.165, 1.54) is 22.2 Å². The molecule has 0 N–H and O–H groups in total. The van der Waals surface area contributed by atoms with Crippen molar-refractivity contribution in [3.63, 3.8) is 0 Å². The van der Waals surface area contributed by atoms with Gasteiger partial charge < -0.3 is 19.3 Å². The van der Waals surface area contributed by atoms with E-state index in [-0.39, 0.29) is 11.8 Å². The Kier molecular flexibility index (Phi) is 6.93. The van der Waals surface area contributed by atoms with Gasteiger partial charge >= 0.3 is 0 Å². The molecular formula is C26H37N5O3S. The molecule has 0 aromatic carbocycles. The molecule has 3 aliphatic heterocycles. The molecule has 2 aromatic rings. The van der Waals surface area contributed by atoms with E-state index in [9.17, 15) is 4.79 Å². The Balaban J connectivity index is 1.33. The van der Waals surface area contributed by atoms with Gasteiger partial charge in [0.25, 0.3) is 0 Å². The minimum Gasteiger partial charge on any atom is -0.379 e. The lowest BCUT2D eigenvalue weighted by Crippen LogP contribution is -2.48. The van der Waals surface area contributed by atoms with E-state index in [4.69, 9.17) is 19.4 Å². The highest BCUT2D eigenvalue weighted by Crippen LogP contribution is 2.42.